The number of hydrogen-bond donors (Lipinski definition) is 0. The molecule has 0 unspecified atom stereocenters. The minimum atomic E-state index is -2.97. The summed E-state index contributed by atoms with van der Waals surface area (Å²) in [6.07, 6.45) is 0. The molecule has 2 aliphatic heterocycles. The van der Waals surface area contributed by atoms with Gasteiger partial charge in [0.15, 0.2) is 19.7 Å². The fourth-order valence-corrected chi connectivity index (χ4v) is 6.94. The predicted molar refractivity (Wildman–Crippen MR) is 136 cm³/mol. The maximum atomic E-state index is 13.6. The lowest BCUT2D eigenvalue weighted by atomic mass is 10.2. The van der Waals surface area contributed by atoms with Crippen molar-refractivity contribution in [2.24, 2.45) is 0 Å². The standard InChI is InChI=1S/C11H12BrF2NO2S.C11H13BrFNO2S/c12-8-5-10(13)9(11(14)6-8)7-15-1-3-18(16,17)4-2-15;12-10-2-1-9(11(13)7-10)8-14-3-5-17(15,16)6-4-14/h5-6H,1-4,7H2;1-2,7H,3-6,8H2. The molecule has 2 heterocycles. The van der Waals surface area contributed by atoms with Gasteiger partial charge in [-0.15, -0.1) is 0 Å². The van der Waals surface area contributed by atoms with Gasteiger partial charge in [-0.05, 0) is 24.3 Å². The van der Waals surface area contributed by atoms with Crippen molar-refractivity contribution in [1.29, 1.82) is 0 Å². The summed E-state index contributed by atoms with van der Waals surface area (Å²) in [6.45, 7) is 2.17. The molecular weight excluding hydrogens is 637 g/mol. The highest BCUT2D eigenvalue weighted by atomic mass is 79.9. The molecule has 2 aromatic rings. The van der Waals surface area contributed by atoms with E-state index in [4.69, 9.17) is 0 Å². The van der Waals surface area contributed by atoms with Crippen molar-refractivity contribution in [2.75, 3.05) is 49.2 Å². The summed E-state index contributed by atoms with van der Waals surface area (Å²) in [5, 5.41) is 0. The Morgan fingerprint density at radius 1 is 0.657 bits per heavy atom. The minimum absolute atomic E-state index is 0.0162. The molecule has 6 nitrogen and oxygen atoms in total. The molecule has 2 saturated heterocycles. The van der Waals surface area contributed by atoms with Gasteiger partial charge in [-0.2, -0.15) is 0 Å². The molecule has 2 fully saturated rings. The van der Waals surface area contributed by atoms with Crippen LogP contribution in [-0.2, 0) is 32.8 Å². The second-order valence-electron chi connectivity index (χ2n) is 8.44. The van der Waals surface area contributed by atoms with Crippen LogP contribution in [0.15, 0.2) is 39.3 Å². The van der Waals surface area contributed by atoms with Gasteiger partial charge in [-0.3, -0.25) is 9.80 Å². The topological polar surface area (TPSA) is 74.8 Å². The van der Waals surface area contributed by atoms with Crippen LogP contribution in [0.3, 0.4) is 0 Å². The molecule has 0 aliphatic carbocycles. The molecule has 0 bridgehead atoms. The van der Waals surface area contributed by atoms with E-state index < -0.39 is 31.3 Å². The van der Waals surface area contributed by atoms with Gasteiger partial charge in [0.2, 0.25) is 0 Å². The molecule has 194 valence electrons. The average Bonchev–Trinajstić information content (AvgIpc) is 2.75. The van der Waals surface area contributed by atoms with Gasteiger partial charge in [0, 0.05) is 59.3 Å². The smallest absolute Gasteiger partial charge is 0.152 e. The Bertz CT molecular complexity index is 1230. The first-order valence-electron chi connectivity index (χ1n) is 10.8. The van der Waals surface area contributed by atoms with E-state index in [1.165, 1.54) is 18.2 Å². The van der Waals surface area contributed by atoms with Gasteiger partial charge >= 0.3 is 0 Å². The fraction of sp³-hybridized carbons (Fsp3) is 0.455. The third-order valence-electron chi connectivity index (χ3n) is 5.77. The summed E-state index contributed by atoms with van der Waals surface area (Å²) >= 11 is 6.22. The van der Waals surface area contributed by atoms with Gasteiger partial charge in [-0.25, -0.2) is 30.0 Å². The zero-order chi connectivity index (χ0) is 25.8. The molecule has 2 aliphatic rings. The van der Waals surface area contributed by atoms with Gasteiger partial charge in [0.05, 0.1) is 23.0 Å². The number of nitrogens with zero attached hydrogens (tertiary/aromatic N) is 2. The van der Waals surface area contributed by atoms with Crippen LogP contribution in [-0.4, -0.2) is 75.8 Å². The summed E-state index contributed by atoms with van der Waals surface area (Å²) < 4.78 is 86.8. The highest BCUT2D eigenvalue weighted by molar-refractivity contribution is 9.10. The second kappa shape index (κ2) is 12.0. The van der Waals surface area contributed by atoms with Crippen molar-refractivity contribution in [3.8, 4) is 0 Å². The van der Waals surface area contributed by atoms with Crippen LogP contribution in [0.1, 0.15) is 11.1 Å². The lowest BCUT2D eigenvalue weighted by Gasteiger charge is -2.26. The highest BCUT2D eigenvalue weighted by Crippen LogP contribution is 2.22. The molecule has 0 saturated carbocycles. The number of sulfone groups is 2. The molecule has 4 rings (SSSR count). The minimum Gasteiger partial charge on any atom is -0.297 e. The largest absolute Gasteiger partial charge is 0.297 e. The Balaban J connectivity index is 0.000000196. The monoisotopic (exact) mass is 660 g/mol. The van der Waals surface area contributed by atoms with Crippen molar-refractivity contribution in [2.45, 2.75) is 13.1 Å². The number of rotatable bonds is 4. The second-order valence-corrected chi connectivity index (χ2v) is 14.9. The van der Waals surface area contributed by atoms with E-state index in [1.54, 1.807) is 17.0 Å². The molecule has 35 heavy (non-hydrogen) atoms. The maximum absolute atomic E-state index is 13.6. The van der Waals surface area contributed by atoms with Crippen molar-refractivity contribution >= 4 is 51.5 Å². The third kappa shape index (κ3) is 8.81. The van der Waals surface area contributed by atoms with Crippen molar-refractivity contribution in [1.82, 2.24) is 9.80 Å². The Kier molecular flexibility index (Phi) is 9.83. The van der Waals surface area contributed by atoms with Crippen molar-refractivity contribution in [3.05, 3.63) is 67.9 Å². The van der Waals surface area contributed by atoms with E-state index in [0.717, 1.165) is 0 Å². The predicted octanol–water partition coefficient (Wildman–Crippen LogP) is 3.78. The molecule has 0 spiro atoms. The molecule has 0 atom stereocenters. The van der Waals surface area contributed by atoms with E-state index in [-0.39, 0.29) is 40.9 Å². The zero-order valence-electron chi connectivity index (χ0n) is 18.7. The van der Waals surface area contributed by atoms with Crippen LogP contribution in [0.2, 0.25) is 0 Å². The Morgan fingerprint density at radius 2 is 1.09 bits per heavy atom. The van der Waals surface area contributed by atoms with Crippen LogP contribution in [0.5, 0.6) is 0 Å². The summed E-state index contributed by atoms with van der Waals surface area (Å²) in [5.74, 6) is -1.05. The van der Waals surface area contributed by atoms with Crippen LogP contribution >= 0.6 is 31.9 Å². The first kappa shape index (κ1) is 28.6. The van der Waals surface area contributed by atoms with E-state index in [0.29, 0.717) is 47.2 Å². The van der Waals surface area contributed by atoms with E-state index >= 15 is 0 Å². The molecular formula is C22H25Br2F3N2O4S2. The van der Waals surface area contributed by atoms with Crippen LogP contribution in [0.25, 0.3) is 0 Å². The van der Waals surface area contributed by atoms with Crippen LogP contribution in [0, 0.1) is 17.5 Å². The molecule has 0 amide bonds. The Morgan fingerprint density at radius 3 is 1.54 bits per heavy atom. The maximum Gasteiger partial charge on any atom is 0.152 e. The lowest BCUT2D eigenvalue weighted by Crippen LogP contribution is -2.40. The van der Waals surface area contributed by atoms with E-state index in [9.17, 15) is 30.0 Å². The number of hydrogen-bond acceptors (Lipinski definition) is 6. The molecule has 0 aromatic heterocycles. The summed E-state index contributed by atoms with van der Waals surface area (Å²) in [5.41, 5.74) is 0.588. The summed E-state index contributed by atoms with van der Waals surface area (Å²) in [7, 11) is -5.84. The van der Waals surface area contributed by atoms with Crippen molar-refractivity contribution in [3.63, 3.8) is 0 Å². The van der Waals surface area contributed by atoms with E-state index in [1.807, 2.05) is 4.90 Å². The van der Waals surface area contributed by atoms with Crippen LogP contribution < -0.4 is 0 Å². The number of benzene rings is 2. The number of halogens is 5. The molecule has 0 N–H and O–H groups in total. The molecule has 2 aromatic carbocycles. The lowest BCUT2D eigenvalue weighted by molar-refractivity contribution is 0.278. The summed E-state index contributed by atoms with van der Waals surface area (Å²) in [6, 6.07) is 7.36. The average molecular weight is 662 g/mol. The summed E-state index contributed by atoms with van der Waals surface area (Å²) in [4.78, 5) is 3.71. The molecule has 0 radical (unpaired) electrons. The van der Waals surface area contributed by atoms with Gasteiger partial charge in [-0.1, -0.05) is 37.9 Å². The van der Waals surface area contributed by atoms with Gasteiger partial charge in [0.25, 0.3) is 0 Å². The normalized spacial score (nSPS) is 20.1. The SMILES string of the molecule is O=S1(=O)CCN(Cc2c(F)cc(Br)cc2F)CC1.O=S1(=O)CCN(Cc2ccc(Br)cc2F)CC1. The van der Waals surface area contributed by atoms with Gasteiger partial charge in [0.1, 0.15) is 17.5 Å². The van der Waals surface area contributed by atoms with E-state index in [2.05, 4.69) is 31.9 Å². The quantitative estimate of drug-likeness (QED) is 0.497. The zero-order valence-corrected chi connectivity index (χ0v) is 23.5. The Hall–Kier alpha value is -0.990. The fourth-order valence-electron chi connectivity index (χ4n) is 3.65. The molecule has 13 heteroatoms. The highest BCUT2D eigenvalue weighted by Gasteiger charge is 2.24. The third-order valence-corrected chi connectivity index (χ3v) is 9.94. The Labute approximate surface area is 220 Å². The first-order chi connectivity index (χ1) is 16.3. The van der Waals surface area contributed by atoms with Crippen molar-refractivity contribution < 1.29 is 30.0 Å². The van der Waals surface area contributed by atoms with Gasteiger partial charge < -0.3 is 0 Å². The first-order valence-corrected chi connectivity index (χ1v) is 16.0. The van der Waals surface area contributed by atoms with Crippen LogP contribution in [0.4, 0.5) is 13.2 Å².